The topological polar surface area (TPSA) is 59.1 Å². The zero-order valence-corrected chi connectivity index (χ0v) is 7.14. The first-order chi connectivity index (χ1) is 6.15. The van der Waals surface area contributed by atoms with Crippen LogP contribution in [-0.4, -0.2) is 42.7 Å². The van der Waals surface area contributed by atoms with Gasteiger partial charge in [0.25, 0.3) is 0 Å². The summed E-state index contributed by atoms with van der Waals surface area (Å²) in [6.45, 7) is 0. The summed E-state index contributed by atoms with van der Waals surface area (Å²) in [5.74, 6) is -1.67. The third kappa shape index (κ3) is 1.32. The van der Waals surface area contributed by atoms with E-state index in [0.717, 1.165) is 7.11 Å². The van der Waals surface area contributed by atoms with Gasteiger partial charge in [0, 0.05) is 6.42 Å². The quantitative estimate of drug-likeness (QED) is 0.477. The minimum atomic E-state index is -1.77. The number of epoxide rings is 1. The van der Waals surface area contributed by atoms with Crippen LogP contribution in [-0.2, 0) is 14.3 Å². The monoisotopic (exact) mass is 190 g/mol. The van der Waals surface area contributed by atoms with Crippen molar-refractivity contribution in [2.75, 3.05) is 7.11 Å². The van der Waals surface area contributed by atoms with E-state index in [4.69, 9.17) is 4.74 Å². The number of hydrogen-bond acceptors (Lipinski definition) is 4. The van der Waals surface area contributed by atoms with Crippen LogP contribution >= 0.6 is 0 Å². The molecule has 4 nitrogen and oxygen atoms in total. The SMILES string of the molecule is COC(=O)C(F)[C@@H]1C(O)CC2O[C@H]21. The normalized spacial score (nSPS) is 43.9. The minimum Gasteiger partial charge on any atom is -0.467 e. The van der Waals surface area contributed by atoms with Gasteiger partial charge in [-0.05, 0) is 0 Å². The maximum Gasteiger partial charge on any atom is 0.340 e. The third-order valence-electron chi connectivity index (χ3n) is 2.68. The number of ether oxygens (including phenoxy) is 2. The van der Waals surface area contributed by atoms with Crippen LogP contribution in [0.5, 0.6) is 0 Å². The van der Waals surface area contributed by atoms with Crippen LogP contribution in [0, 0.1) is 5.92 Å². The van der Waals surface area contributed by atoms with Crippen LogP contribution in [0.1, 0.15) is 6.42 Å². The van der Waals surface area contributed by atoms with E-state index in [1.54, 1.807) is 0 Å². The van der Waals surface area contributed by atoms with Crippen molar-refractivity contribution in [1.82, 2.24) is 0 Å². The molecule has 5 heteroatoms. The lowest BCUT2D eigenvalue weighted by molar-refractivity contribution is -0.151. The van der Waals surface area contributed by atoms with Crippen molar-refractivity contribution in [2.24, 2.45) is 5.92 Å². The van der Waals surface area contributed by atoms with Crippen molar-refractivity contribution in [2.45, 2.75) is 30.9 Å². The molecule has 1 saturated heterocycles. The average Bonchev–Trinajstić information content (AvgIpc) is 2.76. The number of carbonyl (C=O) groups is 1. The fourth-order valence-electron chi connectivity index (χ4n) is 1.93. The fraction of sp³-hybridized carbons (Fsp3) is 0.875. The number of hydrogen-bond donors (Lipinski definition) is 1. The van der Waals surface area contributed by atoms with Crippen molar-refractivity contribution in [3.63, 3.8) is 0 Å². The Labute approximate surface area is 74.6 Å². The molecule has 1 saturated carbocycles. The summed E-state index contributed by atoms with van der Waals surface area (Å²) in [6.07, 6.45) is -2.46. The highest BCUT2D eigenvalue weighted by Crippen LogP contribution is 2.45. The summed E-state index contributed by atoms with van der Waals surface area (Å²) < 4.78 is 22.6. The number of halogens is 1. The molecule has 1 aliphatic heterocycles. The molecule has 13 heavy (non-hydrogen) atoms. The largest absolute Gasteiger partial charge is 0.467 e. The van der Waals surface area contributed by atoms with Gasteiger partial charge in [0.15, 0.2) is 0 Å². The standard InChI is InChI=1S/C8H11FO4/c1-12-8(11)6(9)5-3(10)2-4-7(5)13-4/h3-7,10H,2H2,1H3/t3?,4?,5-,6?,7+/m0/s1. The van der Waals surface area contributed by atoms with Gasteiger partial charge in [0.1, 0.15) is 0 Å². The van der Waals surface area contributed by atoms with E-state index in [9.17, 15) is 14.3 Å². The number of aliphatic hydroxyl groups excluding tert-OH is 1. The highest BCUT2D eigenvalue weighted by molar-refractivity contribution is 5.75. The second-order valence-corrected chi connectivity index (χ2v) is 3.44. The van der Waals surface area contributed by atoms with E-state index < -0.39 is 24.2 Å². The highest BCUT2D eigenvalue weighted by atomic mass is 19.1. The number of esters is 1. The molecule has 0 aromatic carbocycles. The molecule has 74 valence electrons. The summed E-state index contributed by atoms with van der Waals surface area (Å²) in [7, 11) is 1.13. The summed E-state index contributed by atoms with van der Waals surface area (Å²) in [5, 5.41) is 9.38. The Balaban J connectivity index is 2.02. The molecule has 1 heterocycles. The predicted molar refractivity (Wildman–Crippen MR) is 39.7 cm³/mol. The van der Waals surface area contributed by atoms with E-state index in [-0.39, 0.29) is 12.2 Å². The number of aliphatic hydroxyl groups is 1. The van der Waals surface area contributed by atoms with Crippen molar-refractivity contribution < 1.29 is 23.8 Å². The smallest absolute Gasteiger partial charge is 0.340 e. The Hall–Kier alpha value is -0.680. The lowest BCUT2D eigenvalue weighted by Gasteiger charge is -2.18. The van der Waals surface area contributed by atoms with Gasteiger partial charge in [-0.3, -0.25) is 0 Å². The van der Waals surface area contributed by atoms with Crippen molar-refractivity contribution in [1.29, 1.82) is 0 Å². The number of alkyl halides is 1. The van der Waals surface area contributed by atoms with Gasteiger partial charge in [-0.15, -0.1) is 0 Å². The molecular formula is C8H11FO4. The molecule has 0 aromatic rings. The van der Waals surface area contributed by atoms with Crippen molar-refractivity contribution in [3.05, 3.63) is 0 Å². The molecule has 0 radical (unpaired) electrons. The van der Waals surface area contributed by atoms with Crippen LogP contribution in [0.25, 0.3) is 0 Å². The molecule has 1 aliphatic carbocycles. The molecular weight excluding hydrogens is 179 g/mol. The van der Waals surface area contributed by atoms with E-state index in [0.29, 0.717) is 6.42 Å². The Morgan fingerprint density at radius 3 is 2.92 bits per heavy atom. The van der Waals surface area contributed by atoms with Gasteiger partial charge in [-0.25, -0.2) is 9.18 Å². The average molecular weight is 190 g/mol. The summed E-state index contributed by atoms with van der Waals surface area (Å²) >= 11 is 0. The van der Waals surface area contributed by atoms with Crippen LogP contribution in [0.2, 0.25) is 0 Å². The molecule has 0 spiro atoms. The summed E-state index contributed by atoms with van der Waals surface area (Å²) in [6, 6.07) is 0. The fourth-order valence-corrected chi connectivity index (χ4v) is 1.93. The molecule has 2 aliphatic rings. The second-order valence-electron chi connectivity index (χ2n) is 3.44. The maximum absolute atomic E-state index is 13.3. The summed E-state index contributed by atoms with van der Waals surface area (Å²) in [5.41, 5.74) is 0. The molecule has 3 unspecified atom stereocenters. The lowest BCUT2D eigenvalue weighted by Crippen LogP contribution is -2.35. The molecule has 0 aromatic heterocycles. The predicted octanol–water partition coefficient (Wildman–Crippen LogP) is -0.354. The highest BCUT2D eigenvalue weighted by Gasteiger charge is 2.59. The van der Waals surface area contributed by atoms with Crippen LogP contribution in [0.15, 0.2) is 0 Å². The molecule has 2 rings (SSSR count). The van der Waals surface area contributed by atoms with E-state index in [1.807, 2.05) is 0 Å². The summed E-state index contributed by atoms with van der Waals surface area (Å²) in [4.78, 5) is 10.8. The molecule has 2 fully saturated rings. The van der Waals surface area contributed by atoms with Crippen LogP contribution in [0.4, 0.5) is 4.39 Å². The van der Waals surface area contributed by atoms with Crippen molar-refractivity contribution in [3.8, 4) is 0 Å². The third-order valence-corrected chi connectivity index (χ3v) is 2.68. The van der Waals surface area contributed by atoms with E-state index in [2.05, 4.69) is 4.74 Å². The molecule has 0 bridgehead atoms. The first-order valence-electron chi connectivity index (χ1n) is 4.20. The van der Waals surface area contributed by atoms with Gasteiger partial charge in [-0.1, -0.05) is 0 Å². The van der Waals surface area contributed by atoms with E-state index in [1.165, 1.54) is 0 Å². The van der Waals surface area contributed by atoms with E-state index >= 15 is 0 Å². The lowest BCUT2D eigenvalue weighted by atomic mass is 9.99. The Morgan fingerprint density at radius 1 is 1.77 bits per heavy atom. The Kier molecular flexibility index (Phi) is 2.00. The Morgan fingerprint density at radius 2 is 2.46 bits per heavy atom. The van der Waals surface area contributed by atoms with Gasteiger partial charge in [0.05, 0.1) is 31.3 Å². The number of rotatable bonds is 2. The molecule has 5 atom stereocenters. The first kappa shape index (κ1) is 8.90. The Bertz CT molecular complexity index is 230. The van der Waals surface area contributed by atoms with Crippen LogP contribution < -0.4 is 0 Å². The maximum atomic E-state index is 13.3. The molecule has 0 amide bonds. The molecule has 1 N–H and O–H groups in total. The number of fused-ring (bicyclic) bond motifs is 1. The van der Waals surface area contributed by atoms with Gasteiger partial charge in [-0.2, -0.15) is 0 Å². The van der Waals surface area contributed by atoms with Crippen LogP contribution in [0.3, 0.4) is 0 Å². The zero-order valence-electron chi connectivity index (χ0n) is 7.14. The van der Waals surface area contributed by atoms with Gasteiger partial charge >= 0.3 is 5.97 Å². The zero-order chi connectivity index (χ0) is 9.59. The second kappa shape index (κ2) is 2.92. The van der Waals surface area contributed by atoms with Crippen molar-refractivity contribution >= 4 is 5.97 Å². The number of methoxy groups -OCH3 is 1. The first-order valence-corrected chi connectivity index (χ1v) is 4.20. The van der Waals surface area contributed by atoms with Gasteiger partial charge < -0.3 is 14.6 Å². The minimum absolute atomic E-state index is 0.0529. The number of carbonyl (C=O) groups excluding carboxylic acids is 1. The van der Waals surface area contributed by atoms with Gasteiger partial charge in [0.2, 0.25) is 6.17 Å².